The van der Waals surface area contributed by atoms with E-state index in [4.69, 9.17) is 0 Å². The van der Waals surface area contributed by atoms with Crippen molar-refractivity contribution in [2.24, 2.45) is 22.4 Å². The molecule has 2 aliphatic carbocycles. The third kappa shape index (κ3) is 2.78. The number of aryl methyl sites for hydroxylation is 1. The second-order valence-electron chi connectivity index (χ2n) is 6.58. The van der Waals surface area contributed by atoms with E-state index in [1.807, 2.05) is 25.1 Å². The summed E-state index contributed by atoms with van der Waals surface area (Å²) < 4.78 is 1.05. The fraction of sp³-hybridized carbons (Fsp3) is 0.529. The van der Waals surface area contributed by atoms with Crippen molar-refractivity contribution in [3.8, 4) is 0 Å². The highest BCUT2D eigenvalue weighted by Gasteiger charge is 2.64. The van der Waals surface area contributed by atoms with Gasteiger partial charge in [-0.15, -0.1) is 0 Å². The lowest BCUT2D eigenvalue weighted by atomic mass is 9.90. The summed E-state index contributed by atoms with van der Waals surface area (Å²) in [4.78, 5) is 12.3. The Labute approximate surface area is 134 Å². The third-order valence-corrected chi connectivity index (χ3v) is 6.05. The summed E-state index contributed by atoms with van der Waals surface area (Å²) in [5.41, 5.74) is 5.13. The molecule has 3 nitrogen and oxygen atoms in total. The predicted molar refractivity (Wildman–Crippen MR) is 88.2 cm³/mol. The highest BCUT2D eigenvalue weighted by atomic mass is 79.9. The second kappa shape index (κ2) is 5.56. The zero-order valence-corrected chi connectivity index (χ0v) is 14.1. The summed E-state index contributed by atoms with van der Waals surface area (Å²) in [5.74, 6) is 0.837. The molecule has 1 aromatic carbocycles. The van der Waals surface area contributed by atoms with Crippen LogP contribution >= 0.6 is 15.9 Å². The Morgan fingerprint density at radius 2 is 2.29 bits per heavy atom. The van der Waals surface area contributed by atoms with E-state index in [0.717, 1.165) is 10.0 Å². The maximum atomic E-state index is 12.3. The third-order valence-electron chi connectivity index (χ3n) is 5.20. The minimum atomic E-state index is 0.0897. The van der Waals surface area contributed by atoms with Gasteiger partial charge in [0.15, 0.2) is 0 Å². The van der Waals surface area contributed by atoms with Crippen molar-refractivity contribution in [3.63, 3.8) is 0 Å². The standard InChI is InChI=1S/C17H21BrN2O/c1-11-6-7-12(9-14(11)18)10-19-20-16(21)15-13-5-3-4-8-17(13,15)2/h6-7,9-10,13,15H,3-5,8H2,1-2H3,(H,20,21)/b19-10-/t13-,15-,17+/m0/s1. The first-order valence-electron chi connectivity index (χ1n) is 7.61. The van der Waals surface area contributed by atoms with Crippen LogP contribution in [-0.4, -0.2) is 12.1 Å². The topological polar surface area (TPSA) is 41.5 Å². The summed E-state index contributed by atoms with van der Waals surface area (Å²) in [7, 11) is 0. The molecule has 4 heteroatoms. The van der Waals surface area contributed by atoms with Crippen LogP contribution in [0.5, 0.6) is 0 Å². The largest absolute Gasteiger partial charge is 0.273 e. The molecule has 3 atom stereocenters. The number of carbonyl (C=O) groups is 1. The van der Waals surface area contributed by atoms with Gasteiger partial charge in [0.1, 0.15) is 0 Å². The fourth-order valence-corrected chi connectivity index (χ4v) is 4.18. The van der Waals surface area contributed by atoms with Gasteiger partial charge in [0.2, 0.25) is 5.91 Å². The Morgan fingerprint density at radius 1 is 1.48 bits per heavy atom. The Kier molecular flexibility index (Phi) is 3.91. The number of hydrogen-bond acceptors (Lipinski definition) is 2. The molecular formula is C17H21BrN2O. The molecule has 112 valence electrons. The average Bonchev–Trinajstić information content (AvgIpc) is 3.08. The van der Waals surface area contributed by atoms with Gasteiger partial charge in [-0.2, -0.15) is 5.10 Å². The number of hydrogen-bond donors (Lipinski definition) is 1. The van der Waals surface area contributed by atoms with Crippen LogP contribution in [-0.2, 0) is 4.79 Å². The predicted octanol–water partition coefficient (Wildman–Crippen LogP) is 4.03. The van der Waals surface area contributed by atoms with Crippen LogP contribution in [0.3, 0.4) is 0 Å². The molecule has 2 saturated carbocycles. The lowest BCUT2D eigenvalue weighted by molar-refractivity contribution is -0.123. The maximum Gasteiger partial charge on any atom is 0.244 e. The zero-order chi connectivity index (χ0) is 15.0. The van der Waals surface area contributed by atoms with Crippen LogP contribution in [0.25, 0.3) is 0 Å². The van der Waals surface area contributed by atoms with Crippen LogP contribution < -0.4 is 5.43 Å². The fourth-order valence-electron chi connectivity index (χ4n) is 3.78. The zero-order valence-electron chi connectivity index (χ0n) is 12.5. The summed E-state index contributed by atoms with van der Waals surface area (Å²) in [6.07, 6.45) is 6.62. The van der Waals surface area contributed by atoms with Gasteiger partial charge < -0.3 is 0 Å². The number of fused-ring (bicyclic) bond motifs is 1. The molecule has 0 saturated heterocycles. The minimum Gasteiger partial charge on any atom is -0.273 e. The van der Waals surface area contributed by atoms with Gasteiger partial charge in [-0.3, -0.25) is 4.79 Å². The average molecular weight is 349 g/mol. The number of carbonyl (C=O) groups excluding carboxylic acids is 1. The van der Waals surface area contributed by atoms with Crippen LogP contribution in [0.1, 0.15) is 43.7 Å². The van der Waals surface area contributed by atoms with Gasteiger partial charge >= 0.3 is 0 Å². The second-order valence-corrected chi connectivity index (χ2v) is 7.43. The van der Waals surface area contributed by atoms with Crippen LogP contribution in [0.4, 0.5) is 0 Å². The lowest BCUT2D eigenvalue weighted by Gasteiger charge is -2.15. The van der Waals surface area contributed by atoms with Crippen molar-refractivity contribution in [2.45, 2.75) is 39.5 Å². The molecule has 2 aliphatic rings. The molecular weight excluding hydrogens is 328 g/mol. The molecule has 0 radical (unpaired) electrons. The number of nitrogens with one attached hydrogen (secondary N) is 1. The smallest absolute Gasteiger partial charge is 0.244 e. The molecule has 21 heavy (non-hydrogen) atoms. The van der Waals surface area contributed by atoms with E-state index in [0.29, 0.717) is 5.92 Å². The monoisotopic (exact) mass is 348 g/mol. The van der Waals surface area contributed by atoms with Crippen molar-refractivity contribution in [3.05, 3.63) is 33.8 Å². The van der Waals surface area contributed by atoms with E-state index >= 15 is 0 Å². The maximum absolute atomic E-state index is 12.3. The quantitative estimate of drug-likeness (QED) is 0.650. The first-order valence-corrected chi connectivity index (χ1v) is 8.41. The molecule has 0 aromatic heterocycles. The molecule has 0 unspecified atom stereocenters. The van der Waals surface area contributed by atoms with Gasteiger partial charge in [-0.25, -0.2) is 5.43 Å². The van der Waals surface area contributed by atoms with Gasteiger partial charge in [0.25, 0.3) is 0 Å². The van der Waals surface area contributed by atoms with Crippen molar-refractivity contribution < 1.29 is 4.79 Å². The number of benzene rings is 1. The summed E-state index contributed by atoms with van der Waals surface area (Å²) in [5, 5.41) is 4.12. The molecule has 0 spiro atoms. The van der Waals surface area contributed by atoms with Gasteiger partial charge in [-0.05, 0) is 48.3 Å². The lowest BCUT2D eigenvalue weighted by Crippen LogP contribution is -2.22. The Hall–Kier alpha value is -1.16. The first kappa shape index (κ1) is 14.8. The normalized spacial score (nSPS) is 31.0. The van der Waals surface area contributed by atoms with Gasteiger partial charge in [-0.1, -0.05) is 47.8 Å². The van der Waals surface area contributed by atoms with Crippen LogP contribution in [0, 0.1) is 24.2 Å². The number of amides is 1. The number of rotatable bonds is 3. The number of hydrazone groups is 1. The molecule has 2 fully saturated rings. The molecule has 1 amide bonds. The van der Waals surface area contributed by atoms with Crippen LogP contribution in [0.15, 0.2) is 27.8 Å². The van der Waals surface area contributed by atoms with E-state index in [2.05, 4.69) is 33.4 Å². The summed E-state index contributed by atoms with van der Waals surface area (Å²) in [6.45, 7) is 4.30. The Bertz CT molecular complexity index is 598. The highest BCUT2D eigenvalue weighted by Crippen LogP contribution is 2.66. The molecule has 0 bridgehead atoms. The van der Waals surface area contributed by atoms with E-state index < -0.39 is 0 Å². The minimum absolute atomic E-state index is 0.0897. The Morgan fingerprint density at radius 3 is 2.95 bits per heavy atom. The van der Waals surface area contributed by atoms with Crippen LogP contribution in [0.2, 0.25) is 0 Å². The van der Waals surface area contributed by atoms with E-state index in [1.165, 1.54) is 31.2 Å². The molecule has 1 aromatic rings. The van der Waals surface area contributed by atoms with E-state index in [-0.39, 0.29) is 17.2 Å². The molecule has 3 rings (SSSR count). The number of halogens is 1. The van der Waals surface area contributed by atoms with Crippen molar-refractivity contribution in [1.29, 1.82) is 0 Å². The Balaban J connectivity index is 1.59. The first-order chi connectivity index (χ1) is 10.0. The van der Waals surface area contributed by atoms with E-state index in [1.54, 1.807) is 6.21 Å². The van der Waals surface area contributed by atoms with Gasteiger partial charge in [0, 0.05) is 10.4 Å². The van der Waals surface area contributed by atoms with E-state index in [9.17, 15) is 4.79 Å². The summed E-state index contributed by atoms with van der Waals surface area (Å²) in [6, 6.07) is 6.03. The number of nitrogens with zero attached hydrogens (tertiary/aromatic N) is 1. The molecule has 0 heterocycles. The highest BCUT2D eigenvalue weighted by molar-refractivity contribution is 9.10. The van der Waals surface area contributed by atoms with Crippen molar-refractivity contribution in [2.75, 3.05) is 0 Å². The summed E-state index contributed by atoms with van der Waals surface area (Å²) >= 11 is 3.50. The molecule has 1 N–H and O–H groups in total. The van der Waals surface area contributed by atoms with Crippen molar-refractivity contribution >= 4 is 28.1 Å². The van der Waals surface area contributed by atoms with Crippen molar-refractivity contribution in [1.82, 2.24) is 5.43 Å². The SMILES string of the molecule is Cc1ccc(/C=N\NC(=O)[C@@H]2[C@@H]3CCCC[C@@]23C)cc1Br. The molecule has 0 aliphatic heterocycles. The van der Waals surface area contributed by atoms with Gasteiger partial charge in [0.05, 0.1) is 6.21 Å².